The fraction of sp³-hybridized carbons (Fsp3) is 0.421. The average molecular weight is 405 g/mol. The SMILES string of the molecule is O=C1O[C@@H]2Cc3ccccc3[C@@H]2N1C1CCN(S(=O)(=O)c2cccs2)CC1. The number of carbonyl (C=O) groups excluding carboxylic acids is 1. The van der Waals surface area contributed by atoms with Crippen LogP contribution in [0, 0.1) is 0 Å². The zero-order chi connectivity index (χ0) is 18.6. The lowest BCUT2D eigenvalue weighted by atomic mass is 10.00. The van der Waals surface area contributed by atoms with Gasteiger partial charge in [0.1, 0.15) is 10.3 Å². The summed E-state index contributed by atoms with van der Waals surface area (Å²) in [6, 6.07) is 11.5. The van der Waals surface area contributed by atoms with E-state index in [9.17, 15) is 13.2 Å². The molecule has 5 rings (SSSR count). The molecule has 8 heteroatoms. The molecule has 3 aliphatic rings. The van der Waals surface area contributed by atoms with Crippen molar-refractivity contribution in [1.82, 2.24) is 9.21 Å². The van der Waals surface area contributed by atoms with Crippen molar-refractivity contribution in [2.75, 3.05) is 13.1 Å². The number of rotatable bonds is 3. The Balaban J connectivity index is 1.35. The van der Waals surface area contributed by atoms with Crippen LogP contribution in [0.5, 0.6) is 0 Å². The first-order valence-electron chi connectivity index (χ1n) is 9.16. The van der Waals surface area contributed by atoms with Crippen LogP contribution in [-0.2, 0) is 21.2 Å². The molecule has 2 aliphatic heterocycles. The minimum absolute atomic E-state index is 0.00782. The van der Waals surface area contributed by atoms with Gasteiger partial charge in [-0.25, -0.2) is 13.2 Å². The fourth-order valence-electron chi connectivity index (χ4n) is 4.55. The third-order valence-corrected chi connectivity index (χ3v) is 9.09. The lowest BCUT2D eigenvalue weighted by Crippen LogP contribution is -2.47. The van der Waals surface area contributed by atoms with Crippen LogP contribution in [0.15, 0.2) is 46.0 Å². The van der Waals surface area contributed by atoms with E-state index in [2.05, 4.69) is 12.1 Å². The Morgan fingerprint density at radius 1 is 1.07 bits per heavy atom. The standard InChI is InChI=1S/C19H20N2O4S2/c22-19-21(18-15-5-2-1-4-13(15)12-16(18)25-19)14-7-9-20(10-8-14)27(23,24)17-6-3-11-26-17/h1-6,11,14,16,18H,7-10,12H2/t16-,18+/m1/s1. The highest BCUT2D eigenvalue weighted by Crippen LogP contribution is 2.45. The van der Waals surface area contributed by atoms with Crippen LogP contribution in [0.1, 0.15) is 30.0 Å². The summed E-state index contributed by atoms with van der Waals surface area (Å²) in [5.41, 5.74) is 2.41. The van der Waals surface area contributed by atoms with Crippen molar-refractivity contribution in [2.45, 2.75) is 41.7 Å². The lowest BCUT2D eigenvalue weighted by molar-refractivity contribution is 0.119. The fourth-order valence-corrected chi connectivity index (χ4v) is 7.16. The molecule has 0 N–H and O–H groups in total. The second-order valence-corrected chi connectivity index (χ2v) is 10.4. The number of sulfonamides is 1. The normalized spacial score (nSPS) is 26.1. The van der Waals surface area contributed by atoms with Crippen molar-refractivity contribution in [3.63, 3.8) is 0 Å². The van der Waals surface area contributed by atoms with Crippen molar-refractivity contribution in [3.05, 3.63) is 52.9 Å². The minimum Gasteiger partial charge on any atom is -0.443 e. The van der Waals surface area contributed by atoms with E-state index in [1.807, 2.05) is 17.0 Å². The Hall–Kier alpha value is -1.90. The van der Waals surface area contributed by atoms with Crippen molar-refractivity contribution >= 4 is 27.5 Å². The summed E-state index contributed by atoms with van der Waals surface area (Å²) >= 11 is 1.24. The molecule has 1 amide bonds. The van der Waals surface area contributed by atoms with E-state index in [0.29, 0.717) is 30.1 Å². The van der Waals surface area contributed by atoms with Gasteiger partial charge in [0.25, 0.3) is 10.0 Å². The summed E-state index contributed by atoms with van der Waals surface area (Å²) < 4.78 is 33.0. The maximum absolute atomic E-state index is 12.7. The summed E-state index contributed by atoms with van der Waals surface area (Å²) in [7, 11) is -3.43. The average Bonchev–Trinajstić information content (AvgIpc) is 3.37. The molecule has 0 spiro atoms. The first kappa shape index (κ1) is 17.2. The Bertz CT molecular complexity index is 965. The van der Waals surface area contributed by atoms with Crippen LogP contribution in [0.3, 0.4) is 0 Å². The summed E-state index contributed by atoms with van der Waals surface area (Å²) in [5, 5.41) is 1.78. The molecule has 2 saturated heterocycles. The lowest BCUT2D eigenvalue weighted by Gasteiger charge is -2.37. The van der Waals surface area contributed by atoms with E-state index in [0.717, 1.165) is 6.42 Å². The zero-order valence-corrected chi connectivity index (χ0v) is 16.3. The third-order valence-electron chi connectivity index (χ3n) is 5.82. The van der Waals surface area contributed by atoms with E-state index >= 15 is 0 Å². The molecular weight excluding hydrogens is 384 g/mol. The van der Waals surface area contributed by atoms with E-state index < -0.39 is 10.0 Å². The molecule has 2 aromatic rings. The second kappa shape index (κ2) is 6.32. The van der Waals surface area contributed by atoms with Gasteiger partial charge in [-0.1, -0.05) is 30.3 Å². The number of ether oxygens (including phenoxy) is 1. The highest BCUT2D eigenvalue weighted by molar-refractivity contribution is 7.91. The van der Waals surface area contributed by atoms with Crippen LogP contribution < -0.4 is 0 Å². The van der Waals surface area contributed by atoms with Gasteiger partial charge in [0, 0.05) is 25.6 Å². The Morgan fingerprint density at radius 3 is 2.59 bits per heavy atom. The van der Waals surface area contributed by atoms with Gasteiger partial charge in [-0.2, -0.15) is 4.31 Å². The summed E-state index contributed by atoms with van der Waals surface area (Å²) in [6.07, 6.45) is 1.63. The van der Waals surface area contributed by atoms with E-state index in [-0.39, 0.29) is 24.3 Å². The number of nitrogens with zero attached hydrogens (tertiary/aromatic N) is 2. The number of piperidine rings is 1. The quantitative estimate of drug-likeness (QED) is 0.789. The van der Waals surface area contributed by atoms with Crippen molar-refractivity contribution < 1.29 is 17.9 Å². The van der Waals surface area contributed by atoms with E-state index in [1.54, 1.807) is 17.5 Å². The van der Waals surface area contributed by atoms with Crippen LogP contribution >= 0.6 is 11.3 Å². The largest absolute Gasteiger partial charge is 0.443 e. The topological polar surface area (TPSA) is 66.9 Å². The minimum atomic E-state index is -3.43. The Kier molecular flexibility index (Phi) is 4.03. The van der Waals surface area contributed by atoms with Gasteiger partial charge in [-0.3, -0.25) is 4.90 Å². The molecule has 0 bridgehead atoms. The molecule has 27 heavy (non-hydrogen) atoms. The van der Waals surface area contributed by atoms with Crippen molar-refractivity contribution in [3.8, 4) is 0 Å². The molecule has 2 fully saturated rings. The third kappa shape index (κ3) is 2.69. The van der Waals surface area contributed by atoms with Crippen LogP contribution in [0.2, 0.25) is 0 Å². The number of carbonyl (C=O) groups is 1. The Labute approximate surface area is 162 Å². The maximum atomic E-state index is 12.7. The summed E-state index contributed by atoms with van der Waals surface area (Å²) in [4.78, 5) is 14.4. The molecule has 1 aromatic carbocycles. The predicted octanol–water partition coefficient (Wildman–Crippen LogP) is 3.02. The van der Waals surface area contributed by atoms with Crippen LogP contribution in [0.25, 0.3) is 0 Å². The monoisotopic (exact) mass is 404 g/mol. The molecular formula is C19H20N2O4S2. The summed E-state index contributed by atoms with van der Waals surface area (Å²) in [5.74, 6) is 0. The molecule has 1 aliphatic carbocycles. The number of thiophene rings is 1. The molecule has 0 saturated carbocycles. The van der Waals surface area contributed by atoms with E-state index in [4.69, 9.17) is 4.74 Å². The van der Waals surface area contributed by atoms with Crippen LogP contribution in [0.4, 0.5) is 4.79 Å². The first-order chi connectivity index (χ1) is 13.1. The van der Waals surface area contributed by atoms with Crippen LogP contribution in [-0.4, -0.2) is 49.0 Å². The van der Waals surface area contributed by atoms with Crippen molar-refractivity contribution in [1.29, 1.82) is 0 Å². The number of amides is 1. The van der Waals surface area contributed by atoms with Gasteiger partial charge < -0.3 is 4.74 Å². The number of hydrogen-bond acceptors (Lipinski definition) is 5. The predicted molar refractivity (Wildman–Crippen MR) is 101 cm³/mol. The summed E-state index contributed by atoms with van der Waals surface area (Å²) in [6.45, 7) is 0.849. The smallest absolute Gasteiger partial charge is 0.411 e. The van der Waals surface area contributed by atoms with Gasteiger partial charge in [-0.15, -0.1) is 11.3 Å². The van der Waals surface area contributed by atoms with E-state index in [1.165, 1.54) is 26.8 Å². The van der Waals surface area contributed by atoms with Gasteiger partial charge in [0.05, 0.1) is 6.04 Å². The van der Waals surface area contributed by atoms with Gasteiger partial charge in [0.2, 0.25) is 0 Å². The molecule has 2 atom stereocenters. The van der Waals surface area contributed by atoms with Gasteiger partial charge in [0.15, 0.2) is 0 Å². The second-order valence-electron chi connectivity index (χ2n) is 7.24. The highest BCUT2D eigenvalue weighted by Gasteiger charge is 2.50. The van der Waals surface area contributed by atoms with Crippen molar-refractivity contribution in [2.24, 2.45) is 0 Å². The molecule has 6 nitrogen and oxygen atoms in total. The number of hydrogen-bond donors (Lipinski definition) is 0. The Morgan fingerprint density at radius 2 is 1.85 bits per heavy atom. The highest BCUT2D eigenvalue weighted by atomic mass is 32.2. The molecule has 3 heterocycles. The molecule has 142 valence electrons. The molecule has 0 radical (unpaired) electrons. The maximum Gasteiger partial charge on any atom is 0.411 e. The molecule has 1 aromatic heterocycles. The molecule has 0 unspecified atom stereocenters. The number of fused-ring (bicyclic) bond motifs is 3. The number of benzene rings is 1. The first-order valence-corrected chi connectivity index (χ1v) is 11.5. The van der Waals surface area contributed by atoms with Gasteiger partial charge >= 0.3 is 6.09 Å². The van der Waals surface area contributed by atoms with Gasteiger partial charge in [-0.05, 0) is 35.4 Å². The zero-order valence-electron chi connectivity index (χ0n) is 14.7.